The molecule has 0 spiro atoms. The second-order valence-electron chi connectivity index (χ2n) is 7.72. The molecule has 1 saturated heterocycles. The van der Waals surface area contributed by atoms with Crippen LogP contribution in [0.25, 0.3) is 11.1 Å². The number of hydrogen-bond donors (Lipinski definition) is 2. The smallest absolute Gasteiger partial charge is 0.138 e. The number of ether oxygens (including phenoxy) is 1. The summed E-state index contributed by atoms with van der Waals surface area (Å²) in [6.45, 7) is 5.06. The third-order valence-corrected chi connectivity index (χ3v) is 5.40. The van der Waals surface area contributed by atoms with Gasteiger partial charge in [-0.1, -0.05) is 48.0 Å². The van der Waals surface area contributed by atoms with Crippen molar-refractivity contribution < 1.29 is 4.74 Å². The van der Waals surface area contributed by atoms with E-state index in [2.05, 4.69) is 77.1 Å². The SMILES string of the molecule is Cc1cccc(-c2cncc(OCC3CCN3)c2)c1.c1ccc2c(c1)CCCN2. The molecule has 2 aromatic carbocycles. The Balaban J connectivity index is 0.000000171. The van der Waals surface area contributed by atoms with E-state index in [1.54, 1.807) is 6.20 Å². The lowest BCUT2D eigenvalue weighted by atomic mass is 10.0. The molecule has 0 aliphatic carbocycles. The van der Waals surface area contributed by atoms with Crippen molar-refractivity contribution >= 4 is 5.69 Å². The minimum absolute atomic E-state index is 0.502. The fourth-order valence-corrected chi connectivity index (χ4v) is 3.58. The largest absolute Gasteiger partial charge is 0.490 e. The van der Waals surface area contributed by atoms with E-state index in [9.17, 15) is 0 Å². The number of fused-ring (bicyclic) bond motifs is 1. The van der Waals surface area contributed by atoms with Gasteiger partial charge < -0.3 is 15.4 Å². The summed E-state index contributed by atoms with van der Waals surface area (Å²) >= 11 is 0. The third-order valence-electron chi connectivity index (χ3n) is 5.40. The first kappa shape index (κ1) is 19.5. The van der Waals surface area contributed by atoms with Gasteiger partial charge in [-0.15, -0.1) is 0 Å². The number of nitrogens with one attached hydrogen (secondary N) is 2. The molecule has 2 aliphatic rings. The highest BCUT2D eigenvalue weighted by Crippen LogP contribution is 2.23. The Hall–Kier alpha value is -2.85. The quantitative estimate of drug-likeness (QED) is 0.672. The average molecular weight is 388 g/mol. The van der Waals surface area contributed by atoms with Crippen molar-refractivity contribution in [2.24, 2.45) is 0 Å². The van der Waals surface area contributed by atoms with Crippen LogP contribution in [0.4, 0.5) is 5.69 Å². The molecule has 1 unspecified atom stereocenters. The maximum Gasteiger partial charge on any atom is 0.138 e. The van der Waals surface area contributed by atoms with E-state index in [4.69, 9.17) is 4.74 Å². The summed E-state index contributed by atoms with van der Waals surface area (Å²) in [7, 11) is 0. The zero-order valence-electron chi connectivity index (χ0n) is 17.0. The number of rotatable bonds is 4. The molecule has 29 heavy (non-hydrogen) atoms. The van der Waals surface area contributed by atoms with Crippen LogP contribution in [0.15, 0.2) is 67.0 Å². The molecule has 3 heterocycles. The number of pyridine rings is 1. The summed E-state index contributed by atoms with van der Waals surface area (Å²) in [6, 6.07) is 19.5. The summed E-state index contributed by atoms with van der Waals surface area (Å²) < 4.78 is 5.78. The molecule has 4 heteroatoms. The van der Waals surface area contributed by atoms with Gasteiger partial charge in [-0.2, -0.15) is 0 Å². The number of aryl methyl sites for hydroxylation is 2. The molecule has 1 fully saturated rings. The lowest BCUT2D eigenvalue weighted by Crippen LogP contribution is -2.46. The molecule has 1 aromatic heterocycles. The average Bonchev–Trinajstić information content (AvgIpc) is 2.73. The molecule has 1 atom stereocenters. The minimum Gasteiger partial charge on any atom is -0.490 e. The van der Waals surface area contributed by atoms with Crippen molar-refractivity contribution in [2.45, 2.75) is 32.2 Å². The number of aromatic nitrogens is 1. The summed E-state index contributed by atoms with van der Waals surface area (Å²) in [4.78, 5) is 4.27. The van der Waals surface area contributed by atoms with Crippen molar-refractivity contribution in [3.05, 3.63) is 78.1 Å². The van der Waals surface area contributed by atoms with Crippen molar-refractivity contribution in [3.8, 4) is 16.9 Å². The number of anilines is 1. The fraction of sp³-hybridized carbons (Fsp3) is 0.320. The van der Waals surface area contributed by atoms with E-state index in [1.165, 1.54) is 41.6 Å². The van der Waals surface area contributed by atoms with Crippen LogP contribution in [-0.2, 0) is 6.42 Å². The van der Waals surface area contributed by atoms with Gasteiger partial charge in [-0.3, -0.25) is 4.98 Å². The topological polar surface area (TPSA) is 46.2 Å². The summed E-state index contributed by atoms with van der Waals surface area (Å²) in [5.74, 6) is 0.840. The van der Waals surface area contributed by atoms with Crippen LogP contribution < -0.4 is 15.4 Å². The number of para-hydroxylation sites is 1. The predicted molar refractivity (Wildman–Crippen MR) is 120 cm³/mol. The van der Waals surface area contributed by atoms with Gasteiger partial charge in [0.1, 0.15) is 12.4 Å². The monoisotopic (exact) mass is 387 g/mol. The Labute approximate surface area is 173 Å². The van der Waals surface area contributed by atoms with Crippen LogP contribution in [0.2, 0.25) is 0 Å². The van der Waals surface area contributed by atoms with Gasteiger partial charge in [0, 0.05) is 30.0 Å². The minimum atomic E-state index is 0.502. The van der Waals surface area contributed by atoms with Crippen LogP contribution >= 0.6 is 0 Å². The number of benzene rings is 2. The first-order valence-corrected chi connectivity index (χ1v) is 10.5. The van der Waals surface area contributed by atoms with E-state index in [-0.39, 0.29) is 0 Å². The molecule has 2 N–H and O–H groups in total. The highest BCUT2D eigenvalue weighted by atomic mass is 16.5. The normalized spacial score (nSPS) is 17.1. The Morgan fingerprint density at radius 2 is 1.90 bits per heavy atom. The molecule has 0 radical (unpaired) electrons. The van der Waals surface area contributed by atoms with E-state index in [0.717, 1.165) is 31.0 Å². The Morgan fingerprint density at radius 1 is 1.00 bits per heavy atom. The van der Waals surface area contributed by atoms with Gasteiger partial charge in [0.2, 0.25) is 0 Å². The molecule has 3 aromatic rings. The van der Waals surface area contributed by atoms with Gasteiger partial charge in [0.25, 0.3) is 0 Å². The van der Waals surface area contributed by atoms with Crippen LogP contribution in [-0.4, -0.2) is 30.7 Å². The molecule has 150 valence electrons. The van der Waals surface area contributed by atoms with Crippen molar-refractivity contribution in [1.29, 1.82) is 0 Å². The summed E-state index contributed by atoms with van der Waals surface area (Å²) in [5.41, 5.74) is 6.33. The molecule has 2 aliphatic heterocycles. The van der Waals surface area contributed by atoms with Crippen molar-refractivity contribution in [2.75, 3.05) is 25.0 Å². The maximum absolute atomic E-state index is 5.78. The first-order valence-electron chi connectivity index (χ1n) is 10.5. The van der Waals surface area contributed by atoms with Crippen LogP contribution in [0.3, 0.4) is 0 Å². The zero-order valence-corrected chi connectivity index (χ0v) is 17.0. The summed E-state index contributed by atoms with van der Waals surface area (Å²) in [5, 5.41) is 6.69. The van der Waals surface area contributed by atoms with Crippen LogP contribution in [0.5, 0.6) is 5.75 Å². The standard InChI is InChI=1S/C16H18N2O.C9H11N/c1-12-3-2-4-13(7-12)14-8-16(10-17-9-14)19-11-15-5-6-18-15;1-2-6-9-8(4-1)5-3-7-10-9/h2-4,7-10,15,18H,5-6,11H2,1H3;1-2,4,6,10H,3,5,7H2. The predicted octanol–water partition coefficient (Wildman–Crippen LogP) is 4.84. The highest BCUT2D eigenvalue weighted by molar-refractivity contribution is 5.64. The number of hydrogen-bond acceptors (Lipinski definition) is 4. The molecular formula is C25H29N3O. The Morgan fingerprint density at radius 3 is 2.69 bits per heavy atom. The molecule has 0 bridgehead atoms. The second kappa shape index (κ2) is 9.57. The zero-order chi connectivity index (χ0) is 19.9. The molecule has 5 rings (SSSR count). The Bertz CT molecular complexity index is 912. The van der Waals surface area contributed by atoms with Gasteiger partial charge >= 0.3 is 0 Å². The van der Waals surface area contributed by atoms with Gasteiger partial charge in [0.05, 0.1) is 6.20 Å². The number of nitrogens with zero attached hydrogens (tertiary/aromatic N) is 1. The van der Waals surface area contributed by atoms with E-state index < -0.39 is 0 Å². The van der Waals surface area contributed by atoms with Gasteiger partial charge in [-0.05, 0) is 56.0 Å². The second-order valence-corrected chi connectivity index (χ2v) is 7.72. The van der Waals surface area contributed by atoms with E-state index in [1.807, 2.05) is 6.20 Å². The van der Waals surface area contributed by atoms with Crippen molar-refractivity contribution in [3.63, 3.8) is 0 Å². The molecular weight excluding hydrogens is 358 g/mol. The van der Waals surface area contributed by atoms with E-state index in [0.29, 0.717) is 6.04 Å². The Kier molecular flexibility index (Phi) is 6.42. The van der Waals surface area contributed by atoms with Crippen LogP contribution in [0, 0.1) is 6.92 Å². The maximum atomic E-state index is 5.78. The van der Waals surface area contributed by atoms with Crippen LogP contribution in [0.1, 0.15) is 24.0 Å². The van der Waals surface area contributed by atoms with Crippen molar-refractivity contribution in [1.82, 2.24) is 10.3 Å². The van der Waals surface area contributed by atoms with Gasteiger partial charge in [-0.25, -0.2) is 0 Å². The lowest BCUT2D eigenvalue weighted by Gasteiger charge is -2.27. The lowest BCUT2D eigenvalue weighted by molar-refractivity contribution is 0.217. The molecule has 0 amide bonds. The fourth-order valence-electron chi connectivity index (χ4n) is 3.58. The molecule has 4 nitrogen and oxygen atoms in total. The molecule has 0 saturated carbocycles. The summed E-state index contributed by atoms with van der Waals surface area (Å²) in [6.07, 6.45) is 7.37. The first-order chi connectivity index (χ1) is 14.3. The highest BCUT2D eigenvalue weighted by Gasteiger charge is 2.16. The van der Waals surface area contributed by atoms with Gasteiger partial charge in [0.15, 0.2) is 0 Å². The van der Waals surface area contributed by atoms with E-state index >= 15 is 0 Å². The third kappa shape index (κ3) is 5.36.